The Morgan fingerprint density at radius 2 is 2.28 bits per heavy atom. The van der Waals surface area contributed by atoms with Gasteiger partial charge in [-0.05, 0) is 28.1 Å². The number of nitrogens with one attached hydrogen (secondary N) is 2. The number of hydrogen-bond acceptors (Lipinski definition) is 3. The monoisotopic (exact) mass is 346 g/mol. The topological polar surface area (TPSA) is 62.0 Å². The minimum Gasteiger partial charge on any atom is -0.346 e. The van der Waals surface area contributed by atoms with Crippen molar-refractivity contribution in [3.8, 4) is 0 Å². The number of amides is 1. The number of halogens is 2. The van der Waals surface area contributed by atoms with Crippen molar-refractivity contribution in [3.63, 3.8) is 0 Å². The van der Waals surface area contributed by atoms with Gasteiger partial charge in [-0.1, -0.05) is 29.0 Å². The lowest BCUT2D eigenvalue weighted by molar-refractivity contribution is 0.0950. The Morgan fingerprint density at radius 1 is 1.50 bits per heavy atom. The lowest BCUT2D eigenvalue weighted by Crippen LogP contribution is -2.23. The van der Waals surface area contributed by atoms with Gasteiger partial charge in [0.15, 0.2) is 0 Å². The van der Waals surface area contributed by atoms with Crippen molar-refractivity contribution in [2.24, 2.45) is 0 Å². The number of H-pyrrole nitrogens is 1. The van der Waals surface area contributed by atoms with Crippen LogP contribution in [0.2, 0.25) is 5.02 Å². The molecule has 0 atom stereocenters. The standard InChI is InChI=1S/C11H8BrClN2O2S/c12-8-3-1-2-7(9(8)13)10(16)14-4-6-5-18-11(17)15-6/h1-3,5H,4H2,(H,14,16)(H,15,17). The van der Waals surface area contributed by atoms with E-state index in [9.17, 15) is 9.59 Å². The molecule has 1 amide bonds. The van der Waals surface area contributed by atoms with E-state index in [0.717, 1.165) is 11.3 Å². The van der Waals surface area contributed by atoms with Crippen molar-refractivity contribution >= 4 is 44.8 Å². The molecule has 0 spiro atoms. The Balaban J connectivity index is 2.08. The van der Waals surface area contributed by atoms with Crippen LogP contribution >= 0.6 is 38.9 Å². The summed E-state index contributed by atoms with van der Waals surface area (Å²) in [5.74, 6) is -0.284. The average Bonchev–Trinajstić information content (AvgIpc) is 2.76. The van der Waals surface area contributed by atoms with E-state index < -0.39 is 0 Å². The van der Waals surface area contributed by atoms with Gasteiger partial charge in [-0.2, -0.15) is 0 Å². The molecule has 0 aliphatic heterocycles. The molecule has 0 aliphatic carbocycles. The number of carbonyl (C=O) groups is 1. The van der Waals surface area contributed by atoms with Gasteiger partial charge in [-0.15, -0.1) is 0 Å². The first-order valence-electron chi connectivity index (χ1n) is 4.97. The van der Waals surface area contributed by atoms with Gasteiger partial charge >= 0.3 is 4.87 Å². The molecule has 2 aromatic rings. The largest absolute Gasteiger partial charge is 0.346 e. The first-order valence-corrected chi connectivity index (χ1v) is 7.02. The van der Waals surface area contributed by atoms with Gasteiger partial charge < -0.3 is 10.3 Å². The Labute approximate surface area is 120 Å². The molecule has 0 saturated heterocycles. The van der Waals surface area contributed by atoms with Crippen molar-refractivity contribution in [2.75, 3.05) is 0 Å². The zero-order valence-electron chi connectivity index (χ0n) is 9.00. The molecule has 0 bridgehead atoms. The van der Waals surface area contributed by atoms with Gasteiger partial charge in [0.1, 0.15) is 0 Å². The maximum atomic E-state index is 11.9. The number of aromatic nitrogens is 1. The second-order valence-electron chi connectivity index (χ2n) is 3.46. The van der Waals surface area contributed by atoms with E-state index in [-0.39, 0.29) is 17.3 Å². The Hall–Kier alpha value is -1.11. The summed E-state index contributed by atoms with van der Waals surface area (Å²) in [5.41, 5.74) is 1.06. The number of hydrogen-bond donors (Lipinski definition) is 2. The smallest absolute Gasteiger partial charge is 0.304 e. The van der Waals surface area contributed by atoms with Crippen molar-refractivity contribution in [3.05, 3.63) is 54.0 Å². The molecule has 1 aromatic heterocycles. The molecule has 2 rings (SSSR count). The molecule has 1 heterocycles. The second kappa shape index (κ2) is 5.69. The van der Waals surface area contributed by atoms with E-state index in [1.165, 1.54) is 0 Å². The van der Waals surface area contributed by atoms with Crippen molar-refractivity contribution in [2.45, 2.75) is 6.54 Å². The highest BCUT2D eigenvalue weighted by Crippen LogP contribution is 2.25. The van der Waals surface area contributed by atoms with Crippen LogP contribution < -0.4 is 10.2 Å². The van der Waals surface area contributed by atoms with Gasteiger partial charge in [-0.25, -0.2) is 0 Å². The average molecular weight is 348 g/mol. The van der Waals surface area contributed by atoms with E-state index in [4.69, 9.17) is 11.6 Å². The zero-order valence-corrected chi connectivity index (χ0v) is 12.2. The van der Waals surface area contributed by atoms with Crippen molar-refractivity contribution < 1.29 is 4.79 Å². The fourth-order valence-corrected chi connectivity index (χ4v) is 2.51. The molecule has 94 valence electrons. The molecule has 4 nitrogen and oxygen atoms in total. The number of aromatic amines is 1. The van der Waals surface area contributed by atoms with E-state index in [1.54, 1.807) is 23.6 Å². The van der Waals surface area contributed by atoms with Gasteiger partial charge in [0.2, 0.25) is 0 Å². The third-order valence-corrected chi connectivity index (χ3v) is 4.22. The molecule has 0 unspecified atom stereocenters. The molecule has 18 heavy (non-hydrogen) atoms. The van der Waals surface area contributed by atoms with E-state index in [2.05, 4.69) is 26.2 Å². The number of thiazole rings is 1. The quantitative estimate of drug-likeness (QED) is 0.897. The lowest BCUT2D eigenvalue weighted by Gasteiger charge is -2.06. The molecule has 2 N–H and O–H groups in total. The summed E-state index contributed by atoms with van der Waals surface area (Å²) < 4.78 is 0.667. The third kappa shape index (κ3) is 3.01. The molecule has 7 heteroatoms. The summed E-state index contributed by atoms with van der Waals surface area (Å²) in [6.45, 7) is 0.264. The molecule has 1 aromatic carbocycles. The summed E-state index contributed by atoms with van der Waals surface area (Å²) in [5, 5.41) is 4.73. The van der Waals surface area contributed by atoms with Crippen LogP contribution in [-0.2, 0) is 6.54 Å². The van der Waals surface area contributed by atoms with Gasteiger partial charge in [0.25, 0.3) is 5.91 Å². The fourth-order valence-electron chi connectivity index (χ4n) is 1.35. The summed E-state index contributed by atoms with van der Waals surface area (Å²) in [6.07, 6.45) is 0. The van der Waals surface area contributed by atoms with Crippen LogP contribution in [0.1, 0.15) is 16.1 Å². The van der Waals surface area contributed by atoms with Gasteiger partial charge in [0.05, 0.1) is 17.1 Å². The molecular weight excluding hydrogens is 340 g/mol. The fraction of sp³-hybridized carbons (Fsp3) is 0.0909. The van der Waals surface area contributed by atoms with Crippen LogP contribution in [0.15, 0.2) is 32.8 Å². The molecular formula is C11H8BrClN2O2S. The first-order chi connectivity index (χ1) is 8.58. The summed E-state index contributed by atoms with van der Waals surface area (Å²) in [7, 11) is 0. The maximum absolute atomic E-state index is 11.9. The Bertz CT molecular complexity index is 638. The minimum atomic E-state index is -0.284. The van der Waals surface area contributed by atoms with Crippen LogP contribution in [0.3, 0.4) is 0 Å². The Morgan fingerprint density at radius 3 is 2.94 bits per heavy atom. The van der Waals surface area contributed by atoms with Crippen molar-refractivity contribution in [1.29, 1.82) is 0 Å². The summed E-state index contributed by atoms with van der Waals surface area (Å²) >= 11 is 10.3. The van der Waals surface area contributed by atoms with Crippen LogP contribution in [0, 0.1) is 0 Å². The zero-order chi connectivity index (χ0) is 13.1. The van der Waals surface area contributed by atoms with Crippen LogP contribution in [0.5, 0.6) is 0 Å². The summed E-state index contributed by atoms with van der Waals surface area (Å²) in [6, 6.07) is 5.13. The third-order valence-electron chi connectivity index (χ3n) is 2.21. The molecule has 0 fully saturated rings. The molecule has 0 radical (unpaired) electrons. The van der Waals surface area contributed by atoms with E-state index in [0.29, 0.717) is 20.8 Å². The molecule has 0 aliphatic rings. The van der Waals surface area contributed by atoms with Crippen molar-refractivity contribution in [1.82, 2.24) is 10.3 Å². The van der Waals surface area contributed by atoms with Gasteiger partial charge in [0, 0.05) is 15.5 Å². The first kappa shape index (κ1) is 13.3. The van der Waals surface area contributed by atoms with Crippen LogP contribution in [0.4, 0.5) is 0 Å². The normalized spacial score (nSPS) is 10.3. The van der Waals surface area contributed by atoms with E-state index >= 15 is 0 Å². The lowest BCUT2D eigenvalue weighted by atomic mass is 10.2. The predicted molar refractivity (Wildman–Crippen MR) is 75.3 cm³/mol. The number of benzene rings is 1. The summed E-state index contributed by atoms with van der Waals surface area (Å²) in [4.78, 5) is 25.3. The molecule has 0 saturated carbocycles. The highest BCUT2D eigenvalue weighted by atomic mass is 79.9. The van der Waals surface area contributed by atoms with Crippen LogP contribution in [0.25, 0.3) is 0 Å². The number of carbonyl (C=O) groups excluding carboxylic acids is 1. The Kier molecular flexibility index (Phi) is 4.21. The maximum Gasteiger partial charge on any atom is 0.304 e. The predicted octanol–water partition coefficient (Wildman–Crippen LogP) is 2.78. The highest BCUT2D eigenvalue weighted by Gasteiger charge is 2.12. The van der Waals surface area contributed by atoms with Gasteiger partial charge in [-0.3, -0.25) is 9.59 Å². The minimum absolute atomic E-state index is 0.139. The highest BCUT2D eigenvalue weighted by molar-refractivity contribution is 9.10. The SMILES string of the molecule is O=C(NCc1csc(=O)[nH]1)c1cccc(Br)c1Cl. The van der Waals surface area contributed by atoms with Crippen LogP contribution in [-0.4, -0.2) is 10.9 Å². The second-order valence-corrected chi connectivity index (χ2v) is 5.53. The number of rotatable bonds is 3. The van der Waals surface area contributed by atoms with E-state index in [1.807, 2.05) is 0 Å².